The molecule has 0 aromatic carbocycles. The molecule has 4 aliphatic rings. The summed E-state index contributed by atoms with van der Waals surface area (Å²) in [6, 6.07) is 0.564. The van der Waals surface area contributed by atoms with Gasteiger partial charge in [-0.05, 0) is 45.2 Å². The van der Waals surface area contributed by atoms with Gasteiger partial charge in [-0.25, -0.2) is 0 Å². The molecule has 0 radical (unpaired) electrons. The topological polar surface area (TPSA) is 48.9 Å². The van der Waals surface area contributed by atoms with Gasteiger partial charge in [0.25, 0.3) is 0 Å². The number of nitrogens with zero attached hydrogens (tertiary/aromatic N) is 2. The molecule has 4 fully saturated rings. The first-order valence-electron chi connectivity index (χ1n) is 10.1. The quantitative estimate of drug-likeness (QED) is 0.610. The molecule has 5 heteroatoms. The molecule has 2 saturated heterocycles. The maximum absolute atomic E-state index is 6.09. The van der Waals surface area contributed by atoms with Gasteiger partial charge in [0.15, 0.2) is 5.96 Å². The highest BCUT2D eigenvalue weighted by atomic mass is 16.5. The minimum atomic E-state index is 0.395. The van der Waals surface area contributed by atoms with Crippen LogP contribution in [0.1, 0.15) is 51.4 Å². The molecular weight excluding hydrogens is 300 g/mol. The molecule has 136 valence electrons. The number of hydrogen-bond donors (Lipinski definition) is 2. The Morgan fingerprint density at radius 2 is 1.96 bits per heavy atom. The second-order valence-corrected chi connectivity index (χ2v) is 8.21. The van der Waals surface area contributed by atoms with Crippen molar-refractivity contribution in [1.82, 2.24) is 15.5 Å². The van der Waals surface area contributed by atoms with Crippen LogP contribution in [0.15, 0.2) is 4.99 Å². The van der Waals surface area contributed by atoms with Crippen LogP contribution in [0.2, 0.25) is 0 Å². The highest BCUT2D eigenvalue weighted by Crippen LogP contribution is 2.60. The fraction of sp³-hybridized carbons (Fsp3) is 0.947. The van der Waals surface area contributed by atoms with Gasteiger partial charge in [-0.3, -0.25) is 4.99 Å². The average molecular weight is 335 g/mol. The van der Waals surface area contributed by atoms with Crippen molar-refractivity contribution in [1.29, 1.82) is 0 Å². The Bertz CT molecular complexity index is 454. The number of likely N-dealkylation sites (tertiary alicyclic amines) is 1. The van der Waals surface area contributed by atoms with E-state index >= 15 is 0 Å². The molecule has 4 rings (SSSR count). The highest BCUT2D eigenvalue weighted by molar-refractivity contribution is 5.80. The number of piperidine rings is 1. The predicted molar refractivity (Wildman–Crippen MR) is 97.3 cm³/mol. The van der Waals surface area contributed by atoms with Crippen LogP contribution < -0.4 is 10.6 Å². The van der Waals surface area contributed by atoms with Crippen molar-refractivity contribution in [2.24, 2.45) is 16.3 Å². The molecule has 24 heavy (non-hydrogen) atoms. The maximum Gasteiger partial charge on any atom is 0.191 e. The van der Waals surface area contributed by atoms with E-state index < -0.39 is 0 Å². The lowest BCUT2D eigenvalue weighted by Gasteiger charge is -2.57. The number of hydrogen-bond acceptors (Lipinski definition) is 3. The molecule has 0 amide bonds. The molecule has 0 aromatic heterocycles. The number of guanidine groups is 1. The summed E-state index contributed by atoms with van der Waals surface area (Å²) in [4.78, 5) is 7.07. The monoisotopic (exact) mass is 334 g/mol. The third-order valence-corrected chi connectivity index (χ3v) is 6.97. The minimum Gasteiger partial charge on any atom is -0.377 e. The third-order valence-electron chi connectivity index (χ3n) is 6.97. The van der Waals surface area contributed by atoms with Crippen molar-refractivity contribution in [3.8, 4) is 0 Å². The smallest absolute Gasteiger partial charge is 0.191 e. The SMILES string of the molecule is CN=C(NCCN1CCCCC1)NC1C2CCOC2C12CCCC2. The Labute approximate surface area is 146 Å². The molecule has 2 aliphatic carbocycles. The van der Waals surface area contributed by atoms with Gasteiger partial charge in [-0.15, -0.1) is 0 Å². The van der Waals surface area contributed by atoms with Crippen molar-refractivity contribution in [2.75, 3.05) is 39.8 Å². The highest BCUT2D eigenvalue weighted by Gasteiger charge is 2.65. The first kappa shape index (κ1) is 16.6. The van der Waals surface area contributed by atoms with Gasteiger partial charge in [-0.2, -0.15) is 0 Å². The zero-order chi connectivity index (χ0) is 16.4. The minimum absolute atomic E-state index is 0.395. The molecule has 1 spiro atoms. The largest absolute Gasteiger partial charge is 0.377 e. The Kier molecular flexibility index (Phi) is 5.00. The van der Waals surface area contributed by atoms with Gasteiger partial charge in [0.1, 0.15) is 0 Å². The summed E-state index contributed by atoms with van der Waals surface area (Å²) >= 11 is 0. The zero-order valence-corrected chi connectivity index (χ0v) is 15.2. The van der Waals surface area contributed by atoms with Gasteiger partial charge < -0.3 is 20.3 Å². The lowest BCUT2D eigenvalue weighted by molar-refractivity contribution is -0.125. The number of nitrogens with one attached hydrogen (secondary N) is 2. The van der Waals surface area contributed by atoms with Crippen LogP contribution in [-0.2, 0) is 4.74 Å². The second-order valence-electron chi connectivity index (χ2n) is 8.21. The molecular formula is C19H34N4O. The van der Waals surface area contributed by atoms with Crippen molar-refractivity contribution in [3.63, 3.8) is 0 Å². The van der Waals surface area contributed by atoms with Gasteiger partial charge in [0.2, 0.25) is 0 Å². The Hall–Kier alpha value is -0.810. The van der Waals surface area contributed by atoms with E-state index in [1.807, 2.05) is 7.05 Å². The van der Waals surface area contributed by atoms with Crippen LogP contribution in [0, 0.1) is 11.3 Å². The summed E-state index contributed by atoms with van der Waals surface area (Å²) in [5.41, 5.74) is 0.395. The summed E-state index contributed by atoms with van der Waals surface area (Å²) in [6.45, 7) is 5.60. The lowest BCUT2D eigenvalue weighted by atomic mass is 9.54. The first-order chi connectivity index (χ1) is 11.8. The molecule has 0 bridgehead atoms. The molecule has 2 saturated carbocycles. The molecule has 3 unspecified atom stereocenters. The van der Waals surface area contributed by atoms with E-state index in [4.69, 9.17) is 4.74 Å². The van der Waals surface area contributed by atoms with E-state index in [-0.39, 0.29) is 0 Å². The summed E-state index contributed by atoms with van der Waals surface area (Å²) in [5, 5.41) is 7.34. The lowest BCUT2D eigenvalue weighted by Crippen LogP contribution is -2.69. The summed E-state index contributed by atoms with van der Waals surface area (Å²) in [7, 11) is 1.90. The number of rotatable bonds is 4. The summed E-state index contributed by atoms with van der Waals surface area (Å²) in [5.74, 6) is 1.69. The molecule has 5 nitrogen and oxygen atoms in total. The number of fused-ring (bicyclic) bond motifs is 2. The van der Waals surface area contributed by atoms with Crippen molar-refractivity contribution < 1.29 is 4.74 Å². The van der Waals surface area contributed by atoms with Crippen molar-refractivity contribution in [2.45, 2.75) is 63.5 Å². The maximum atomic E-state index is 6.09. The van der Waals surface area contributed by atoms with Gasteiger partial charge in [0, 0.05) is 44.1 Å². The predicted octanol–water partition coefficient (Wildman–Crippen LogP) is 1.99. The average Bonchev–Trinajstić information content (AvgIpc) is 3.27. The van der Waals surface area contributed by atoms with Crippen LogP contribution in [0.4, 0.5) is 0 Å². The van der Waals surface area contributed by atoms with E-state index in [2.05, 4.69) is 20.5 Å². The fourth-order valence-corrected chi connectivity index (χ4v) is 5.76. The van der Waals surface area contributed by atoms with E-state index in [0.717, 1.165) is 25.7 Å². The molecule has 2 N–H and O–H groups in total. The van der Waals surface area contributed by atoms with Crippen molar-refractivity contribution >= 4 is 5.96 Å². The third kappa shape index (κ3) is 2.94. The fourth-order valence-electron chi connectivity index (χ4n) is 5.76. The van der Waals surface area contributed by atoms with E-state index in [9.17, 15) is 0 Å². The van der Waals surface area contributed by atoms with Gasteiger partial charge >= 0.3 is 0 Å². The molecule has 2 aliphatic heterocycles. The van der Waals surface area contributed by atoms with Crippen molar-refractivity contribution in [3.05, 3.63) is 0 Å². The second kappa shape index (κ2) is 7.20. The van der Waals surface area contributed by atoms with Crippen LogP contribution in [0.5, 0.6) is 0 Å². The zero-order valence-electron chi connectivity index (χ0n) is 15.2. The summed E-state index contributed by atoms with van der Waals surface area (Å²) < 4.78 is 6.09. The first-order valence-corrected chi connectivity index (χ1v) is 10.1. The van der Waals surface area contributed by atoms with Crippen LogP contribution in [0.25, 0.3) is 0 Å². The van der Waals surface area contributed by atoms with Crippen LogP contribution >= 0.6 is 0 Å². The number of ether oxygens (including phenoxy) is 1. The van der Waals surface area contributed by atoms with Gasteiger partial charge in [-0.1, -0.05) is 19.3 Å². The Morgan fingerprint density at radius 1 is 1.17 bits per heavy atom. The normalized spacial score (nSPS) is 35.7. The van der Waals surface area contributed by atoms with Crippen LogP contribution in [-0.4, -0.2) is 62.8 Å². The standard InChI is InChI=1S/C19H34N4O/c1-20-18(21-10-13-23-11-5-2-6-12-23)22-16-15-7-14-24-17(15)19(16)8-3-4-9-19/h15-17H,2-14H2,1H3,(H2,20,21,22). The van der Waals surface area contributed by atoms with Gasteiger partial charge in [0.05, 0.1) is 6.10 Å². The molecule has 3 atom stereocenters. The number of aliphatic imine (C=N–C) groups is 1. The summed E-state index contributed by atoms with van der Waals surface area (Å²) in [6.07, 6.45) is 11.3. The molecule has 0 aromatic rings. The van der Waals surface area contributed by atoms with E-state index in [1.165, 1.54) is 64.5 Å². The Morgan fingerprint density at radius 3 is 2.71 bits per heavy atom. The van der Waals surface area contributed by atoms with E-state index in [1.54, 1.807) is 0 Å². The molecule has 2 heterocycles. The van der Waals surface area contributed by atoms with E-state index in [0.29, 0.717) is 23.5 Å². The van der Waals surface area contributed by atoms with Crippen LogP contribution in [0.3, 0.4) is 0 Å². The Balaban J connectivity index is 1.29.